The van der Waals surface area contributed by atoms with Crippen LogP contribution >= 0.6 is 11.6 Å². The molecule has 4 rings (SSSR count). The molecule has 3 heterocycles. The van der Waals surface area contributed by atoms with Crippen molar-refractivity contribution in [1.82, 2.24) is 14.8 Å². The van der Waals surface area contributed by atoms with Gasteiger partial charge < -0.3 is 24.4 Å². The van der Waals surface area contributed by atoms with Crippen molar-refractivity contribution in [2.24, 2.45) is 0 Å². The highest BCUT2D eigenvalue weighted by atomic mass is 35.5. The van der Waals surface area contributed by atoms with E-state index in [1.165, 1.54) is 25.3 Å². The third kappa shape index (κ3) is 3.44. The lowest BCUT2D eigenvalue weighted by Crippen LogP contribution is -2.57. The fourth-order valence-electron chi connectivity index (χ4n) is 3.82. The quantitative estimate of drug-likeness (QED) is 0.727. The number of rotatable bonds is 3. The first-order valence-electron chi connectivity index (χ1n) is 9.47. The van der Waals surface area contributed by atoms with Crippen LogP contribution in [0, 0.1) is 5.82 Å². The van der Waals surface area contributed by atoms with Gasteiger partial charge in [0, 0.05) is 19.6 Å². The van der Waals surface area contributed by atoms with E-state index in [-0.39, 0.29) is 64.8 Å². The number of carbonyl (C=O) groups is 2. The molecule has 2 aliphatic rings. The second kappa shape index (κ2) is 8.07. The average Bonchev–Trinajstić information content (AvgIpc) is 2.91. The number of phenols is 1. The minimum atomic E-state index is -0.743. The van der Waals surface area contributed by atoms with Crippen LogP contribution in [0.3, 0.4) is 0 Å². The first kappa shape index (κ1) is 20.9. The Bertz CT molecular complexity index is 1070. The van der Waals surface area contributed by atoms with Crippen molar-refractivity contribution in [3.63, 3.8) is 0 Å². The predicted octanol–water partition coefficient (Wildman–Crippen LogP) is 2.49. The molecule has 2 aliphatic heterocycles. The number of halogens is 2. The SMILES string of the molecule is C=CC(=O)N1CCN2C(=O)c3c(OC)nc(-c4c(O)cccc4F)c(Cl)c3OCC2C1. The van der Waals surface area contributed by atoms with Crippen LogP contribution < -0.4 is 9.47 Å². The van der Waals surface area contributed by atoms with E-state index in [0.717, 1.165) is 6.07 Å². The van der Waals surface area contributed by atoms with E-state index in [9.17, 15) is 19.1 Å². The van der Waals surface area contributed by atoms with E-state index in [2.05, 4.69) is 11.6 Å². The number of piperazine rings is 1. The number of amides is 2. The summed E-state index contributed by atoms with van der Waals surface area (Å²) in [5.74, 6) is -1.87. The van der Waals surface area contributed by atoms with E-state index in [4.69, 9.17) is 21.1 Å². The molecule has 2 amide bonds. The molecule has 1 aromatic heterocycles. The number of hydrogen-bond donors (Lipinski definition) is 1. The van der Waals surface area contributed by atoms with Gasteiger partial charge in [-0.05, 0) is 18.2 Å². The molecule has 1 N–H and O–H groups in total. The van der Waals surface area contributed by atoms with Gasteiger partial charge in [-0.15, -0.1) is 0 Å². The van der Waals surface area contributed by atoms with Gasteiger partial charge in [0.05, 0.1) is 18.7 Å². The van der Waals surface area contributed by atoms with Gasteiger partial charge in [0.1, 0.15) is 34.5 Å². The number of phenolic OH excluding ortho intramolecular Hbond substituents is 1. The fraction of sp³-hybridized carbons (Fsp3) is 0.286. The molecule has 0 aliphatic carbocycles. The molecule has 0 spiro atoms. The zero-order valence-electron chi connectivity index (χ0n) is 16.6. The number of methoxy groups -OCH3 is 1. The Kier molecular flexibility index (Phi) is 5.45. The Morgan fingerprint density at radius 2 is 2.19 bits per heavy atom. The number of pyridine rings is 1. The maximum atomic E-state index is 14.5. The number of benzene rings is 1. The van der Waals surface area contributed by atoms with Gasteiger partial charge in [0.25, 0.3) is 5.91 Å². The topological polar surface area (TPSA) is 92.2 Å². The lowest BCUT2D eigenvalue weighted by atomic mass is 10.1. The summed E-state index contributed by atoms with van der Waals surface area (Å²) in [7, 11) is 1.32. The molecule has 0 saturated carbocycles. The third-order valence-corrected chi connectivity index (χ3v) is 5.70. The highest BCUT2D eigenvalue weighted by molar-refractivity contribution is 6.35. The Hall–Kier alpha value is -3.33. The summed E-state index contributed by atoms with van der Waals surface area (Å²) < 4.78 is 25.7. The fourth-order valence-corrected chi connectivity index (χ4v) is 4.11. The van der Waals surface area contributed by atoms with Gasteiger partial charge in [0.15, 0.2) is 5.75 Å². The number of aromatic hydroxyl groups is 1. The molecule has 2 aromatic rings. The van der Waals surface area contributed by atoms with Crippen LogP contribution in [0.2, 0.25) is 5.02 Å². The Balaban J connectivity index is 1.81. The van der Waals surface area contributed by atoms with Crippen LogP contribution in [0.25, 0.3) is 11.3 Å². The van der Waals surface area contributed by atoms with E-state index < -0.39 is 17.8 Å². The number of carbonyl (C=O) groups excluding carboxylic acids is 2. The van der Waals surface area contributed by atoms with Crippen molar-refractivity contribution in [3.05, 3.63) is 47.3 Å². The molecule has 1 aromatic carbocycles. The molecule has 1 unspecified atom stereocenters. The number of fused-ring (bicyclic) bond motifs is 2. The molecule has 0 bridgehead atoms. The van der Waals surface area contributed by atoms with E-state index >= 15 is 0 Å². The summed E-state index contributed by atoms with van der Waals surface area (Å²) >= 11 is 6.50. The van der Waals surface area contributed by atoms with Gasteiger partial charge in [-0.1, -0.05) is 24.2 Å². The maximum absolute atomic E-state index is 14.5. The molecule has 8 nitrogen and oxygen atoms in total. The molecule has 162 valence electrons. The lowest BCUT2D eigenvalue weighted by molar-refractivity contribution is -0.128. The number of nitrogens with zero attached hydrogens (tertiary/aromatic N) is 3. The van der Waals surface area contributed by atoms with Crippen LogP contribution in [-0.2, 0) is 4.79 Å². The zero-order chi connectivity index (χ0) is 22.3. The van der Waals surface area contributed by atoms with Crippen molar-refractivity contribution in [3.8, 4) is 28.6 Å². The molecule has 10 heteroatoms. The van der Waals surface area contributed by atoms with E-state index in [0.29, 0.717) is 6.54 Å². The summed E-state index contributed by atoms with van der Waals surface area (Å²) in [5.41, 5.74) is -0.323. The highest BCUT2D eigenvalue weighted by Gasteiger charge is 2.40. The predicted molar refractivity (Wildman–Crippen MR) is 110 cm³/mol. The number of aromatic nitrogens is 1. The molecular formula is C21H19ClFN3O5. The summed E-state index contributed by atoms with van der Waals surface area (Å²) in [5, 5.41) is 10.1. The summed E-state index contributed by atoms with van der Waals surface area (Å²) in [6.45, 7) is 4.43. The van der Waals surface area contributed by atoms with Crippen LogP contribution in [0.4, 0.5) is 4.39 Å². The molecular weight excluding hydrogens is 429 g/mol. The number of hydrogen-bond acceptors (Lipinski definition) is 6. The monoisotopic (exact) mass is 447 g/mol. The van der Waals surface area contributed by atoms with Crippen molar-refractivity contribution >= 4 is 23.4 Å². The van der Waals surface area contributed by atoms with Crippen molar-refractivity contribution in [2.45, 2.75) is 6.04 Å². The molecule has 0 radical (unpaired) electrons. The smallest absolute Gasteiger partial charge is 0.263 e. The van der Waals surface area contributed by atoms with Gasteiger partial charge in [-0.2, -0.15) is 0 Å². The Morgan fingerprint density at radius 3 is 2.87 bits per heavy atom. The first-order valence-corrected chi connectivity index (χ1v) is 9.85. The van der Waals surface area contributed by atoms with Crippen LogP contribution in [-0.4, -0.2) is 71.1 Å². The van der Waals surface area contributed by atoms with Crippen LogP contribution in [0.1, 0.15) is 10.4 Å². The summed E-state index contributed by atoms with van der Waals surface area (Å²) in [6, 6.07) is 3.37. The maximum Gasteiger partial charge on any atom is 0.263 e. The highest BCUT2D eigenvalue weighted by Crippen LogP contribution is 2.45. The van der Waals surface area contributed by atoms with Crippen molar-refractivity contribution < 1.29 is 28.6 Å². The molecule has 1 fully saturated rings. The average molecular weight is 448 g/mol. The van der Waals surface area contributed by atoms with E-state index in [1.54, 1.807) is 9.80 Å². The van der Waals surface area contributed by atoms with Gasteiger partial charge in [-0.3, -0.25) is 9.59 Å². The second-order valence-electron chi connectivity index (χ2n) is 7.07. The van der Waals surface area contributed by atoms with Crippen molar-refractivity contribution in [1.29, 1.82) is 0 Å². The first-order chi connectivity index (χ1) is 14.9. The third-order valence-electron chi connectivity index (χ3n) is 5.35. The largest absolute Gasteiger partial charge is 0.507 e. The Morgan fingerprint density at radius 1 is 1.42 bits per heavy atom. The molecule has 1 saturated heterocycles. The summed E-state index contributed by atoms with van der Waals surface area (Å²) in [6.07, 6.45) is 1.22. The number of ether oxygens (including phenoxy) is 2. The summed E-state index contributed by atoms with van der Waals surface area (Å²) in [4.78, 5) is 32.7. The van der Waals surface area contributed by atoms with Gasteiger partial charge >= 0.3 is 0 Å². The van der Waals surface area contributed by atoms with Crippen LogP contribution in [0.5, 0.6) is 17.4 Å². The minimum Gasteiger partial charge on any atom is -0.507 e. The van der Waals surface area contributed by atoms with E-state index in [1.807, 2.05) is 0 Å². The second-order valence-corrected chi connectivity index (χ2v) is 7.45. The standard InChI is InChI=1S/C21H19ClFN3O5/c1-3-14(28)25-7-8-26-11(9-25)10-31-19-16(21(26)29)20(30-2)24-18(17(19)22)15-12(23)5-4-6-13(15)27/h3-6,11,27H,1,7-10H2,2H3. The van der Waals surface area contributed by atoms with Crippen LogP contribution in [0.15, 0.2) is 30.9 Å². The Labute approximate surface area is 182 Å². The molecule has 1 atom stereocenters. The van der Waals surface area contributed by atoms with Gasteiger partial charge in [-0.25, -0.2) is 9.37 Å². The zero-order valence-corrected chi connectivity index (χ0v) is 17.4. The normalized spacial score (nSPS) is 17.9. The minimum absolute atomic E-state index is 0.00725. The van der Waals surface area contributed by atoms with Gasteiger partial charge in [0.2, 0.25) is 11.8 Å². The molecule has 31 heavy (non-hydrogen) atoms. The van der Waals surface area contributed by atoms with Crippen molar-refractivity contribution in [2.75, 3.05) is 33.4 Å². The lowest BCUT2D eigenvalue weighted by Gasteiger charge is -2.39.